The molecule has 1 fully saturated rings. The summed E-state index contributed by atoms with van der Waals surface area (Å²) in [6.07, 6.45) is 5.10. The molecule has 0 saturated carbocycles. The van der Waals surface area contributed by atoms with E-state index in [4.69, 9.17) is 0 Å². The largest absolute Gasteiger partial charge is 0.371 e. The molecule has 0 spiro atoms. The van der Waals surface area contributed by atoms with Crippen LogP contribution in [0.3, 0.4) is 0 Å². The van der Waals surface area contributed by atoms with Gasteiger partial charge in [0.2, 0.25) is 0 Å². The minimum atomic E-state index is 0.0316. The number of nitrogens with zero attached hydrogens (tertiary/aromatic N) is 1. The van der Waals surface area contributed by atoms with Gasteiger partial charge in [-0.1, -0.05) is 19.1 Å². The van der Waals surface area contributed by atoms with Crippen molar-refractivity contribution >= 4 is 5.78 Å². The van der Waals surface area contributed by atoms with Crippen LogP contribution in [-0.4, -0.2) is 23.8 Å². The summed E-state index contributed by atoms with van der Waals surface area (Å²) < 4.78 is 0. The number of hydrogen-bond donors (Lipinski definition) is 0. The second-order valence-electron chi connectivity index (χ2n) is 5.14. The van der Waals surface area contributed by atoms with E-state index in [1.807, 2.05) is 12.2 Å². The highest BCUT2D eigenvalue weighted by Gasteiger charge is 2.19. The molecule has 0 aromatic heterocycles. The van der Waals surface area contributed by atoms with E-state index in [1.54, 1.807) is 6.92 Å². The maximum atomic E-state index is 11.1. The van der Waals surface area contributed by atoms with Crippen LogP contribution in [0.5, 0.6) is 0 Å². The SMILES string of the molecule is C=C(/C=C\C(=C(C)C)N1CCC(C)C1)C(C)=O. The number of allylic oxidation sites excluding steroid dienone is 4. The van der Waals surface area contributed by atoms with Gasteiger partial charge in [-0.15, -0.1) is 0 Å². The minimum Gasteiger partial charge on any atom is -0.371 e. The van der Waals surface area contributed by atoms with Gasteiger partial charge >= 0.3 is 0 Å². The Balaban J connectivity index is 2.79. The summed E-state index contributed by atoms with van der Waals surface area (Å²) in [5.74, 6) is 0.790. The number of ketones is 1. The summed E-state index contributed by atoms with van der Waals surface area (Å²) in [4.78, 5) is 13.5. The molecule has 1 unspecified atom stereocenters. The molecular weight excluding hydrogens is 210 g/mol. The minimum absolute atomic E-state index is 0.0316. The van der Waals surface area contributed by atoms with Gasteiger partial charge in [0.05, 0.1) is 0 Å². The van der Waals surface area contributed by atoms with Crippen LogP contribution >= 0.6 is 0 Å². The van der Waals surface area contributed by atoms with Gasteiger partial charge in [-0.25, -0.2) is 0 Å². The smallest absolute Gasteiger partial charge is 0.159 e. The predicted octanol–water partition coefficient (Wildman–Crippen LogP) is 3.32. The van der Waals surface area contributed by atoms with Crippen molar-refractivity contribution in [1.82, 2.24) is 4.90 Å². The lowest BCUT2D eigenvalue weighted by Gasteiger charge is -2.21. The number of rotatable bonds is 4. The summed E-state index contributed by atoms with van der Waals surface area (Å²) >= 11 is 0. The Morgan fingerprint density at radius 1 is 1.29 bits per heavy atom. The van der Waals surface area contributed by atoms with Gasteiger partial charge in [-0.05, 0) is 45.3 Å². The van der Waals surface area contributed by atoms with E-state index in [0.717, 1.165) is 19.0 Å². The number of likely N-dealkylation sites (tertiary alicyclic amines) is 1. The van der Waals surface area contributed by atoms with E-state index in [2.05, 4.69) is 32.3 Å². The molecule has 0 aliphatic carbocycles. The molecule has 1 aliphatic rings. The molecule has 0 aromatic rings. The summed E-state index contributed by atoms with van der Waals surface area (Å²) in [6, 6.07) is 0. The molecule has 0 N–H and O–H groups in total. The molecule has 1 atom stereocenters. The van der Waals surface area contributed by atoms with Gasteiger partial charge < -0.3 is 4.90 Å². The first-order chi connectivity index (χ1) is 7.91. The third-order valence-corrected chi connectivity index (χ3v) is 3.17. The lowest BCUT2D eigenvalue weighted by atomic mass is 10.1. The van der Waals surface area contributed by atoms with E-state index in [1.165, 1.54) is 17.7 Å². The van der Waals surface area contributed by atoms with Crippen LogP contribution in [-0.2, 0) is 4.79 Å². The average Bonchev–Trinajstić information content (AvgIpc) is 2.64. The van der Waals surface area contributed by atoms with Gasteiger partial charge in [0.25, 0.3) is 0 Å². The van der Waals surface area contributed by atoms with Crippen molar-refractivity contribution < 1.29 is 4.79 Å². The highest BCUT2D eigenvalue weighted by molar-refractivity contribution is 5.95. The molecule has 0 amide bonds. The van der Waals surface area contributed by atoms with Crippen molar-refractivity contribution in [2.75, 3.05) is 13.1 Å². The topological polar surface area (TPSA) is 20.3 Å². The van der Waals surface area contributed by atoms with Gasteiger partial charge in [-0.2, -0.15) is 0 Å². The molecule has 0 aromatic carbocycles. The molecule has 0 radical (unpaired) electrons. The molecular formula is C15H23NO. The Kier molecular flexibility index (Phi) is 4.73. The predicted molar refractivity (Wildman–Crippen MR) is 72.7 cm³/mol. The van der Waals surface area contributed by atoms with Gasteiger partial charge in [0.1, 0.15) is 0 Å². The Labute approximate surface area is 105 Å². The van der Waals surface area contributed by atoms with E-state index >= 15 is 0 Å². The normalized spacial score (nSPS) is 19.8. The molecule has 2 heteroatoms. The fourth-order valence-electron chi connectivity index (χ4n) is 2.04. The first-order valence-corrected chi connectivity index (χ1v) is 6.22. The monoisotopic (exact) mass is 233 g/mol. The van der Waals surface area contributed by atoms with Crippen LogP contribution in [0.2, 0.25) is 0 Å². The molecule has 2 nitrogen and oxygen atoms in total. The number of carbonyl (C=O) groups is 1. The standard InChI is InChI=1S/C15H23NO/c1-11(2)15(7-6-13(4)14(5)17)16-9-8-12(3)10-16/h6-7,12H,4,8-10H2,1-3,5H3/b7-6-. The average molecular weight is 233 g/mol. The summed E-state index contributed by atoms with van der Waals surface area (Å²) in [5, 5.41) is 0. The van der Waals surface area contributed by atoms with Crippen molar-refractivity contribution in [3.63, 3.8) is 0 Å². The second kappa shape index (κ2) is 5.85. The summed E-state index contributed by atoms with van der Waals surface area (Å²) in [7, 11) is 0. The summed E-state index contributed by atoms with van der Waals surface area (Å²) in [5.41, 5.74) is 3.08. The second-order valence-corrected chi connectivity index (χ2v) is 5.14. The lowest BCUT2D eigenvalue weighted by molar-refractivity contribution is -0.113. The van der Waals surface area contributed by atoms with Crippen LogP contribution in [0.4, 0.5) is 0 Å². The quantitative estimate of drug-likeness (QED) is 0.548. The van der Waals surface area contributed by atoms with E-state index in [9.17, 15) is 4.79 Å². The lowest BCUT2D eigenvalue weighted by Crippen LogP contribution is -2.19. The number of carbonyl (C=O) groups excluding carboxylic acids is 1. The van der Waals surface area contributed by atoms with E-state index in [0.29, 0.717) is 5.57 Å². The molecule has 1 heterocycles. The molecule has 17 heavy (non-hydrogen) atoms. The van der Waals surface area contributed by atoms with Gasteiger partial charge in [-0.3, -0.25) is 4.79 Å². The van der Waals surface area contributed by atoms with Crippen LogP contribution in [0.25, 0.3) is 0 Å². The summed E-state index contributed by atoms with van der Waals surface area (Å²) in [6.45, 7) is 14.0. The maximum Gasteiger partial charge on any atom is 0.159 e. The molecule has 94 valence electrons. The van der Waals surface area contributed by atoms with Crippen LogP contribution in [0.15, 0.2) is 35.6 Å². The maximum absolute atomic E-state index is 11.1. The van der Waals surface area contributed by atoms with Crippen LogP contribution < -0.4 is 0 Å². The zero-order valence-corrected chi connectivity index (χ0v) is 11.4. The van der Waals surface area contributed by atoms with Crippen molar-refractivity contribution in [2.24, 2.45) is 5.92 Å². The van der Waals surface area contributed by atoms with Crippen LogP contribution in [0.1, 0.15) is 34.1 Å². The number of Topliss-reactive ketones (excluding diaryl/α,β-unsaturated/α-hetero) is 1. The highest BCUT2D eigenvalue weighted by Crippen LogP contribution is 2.23. The number of hydrogen-bond acceptors (Lipinski definition) is 2. The zero-order valence-electron chi connectivity index (χ0n) is 11.4. The van der Waals surface area contributed by atoms with Crippen molar-refractivity contribution in [3.8, 4) is 0 Å². The fraction of sp³-hybridized carbons (Fsp3) is 0.533. The van der Waals surface area contributed by atoms with E-state index in [-0.39, 0.29) is 5.78 Å². The van der Waals surface area contributed by atoms with Crippen molar-refractivity contribution in [3.05, 3.63) is 35.6 Å². The first kappa shape index (κ1) is 13.8. The molecule has 1 rings (SSSR count). The van der Waals surface area contributed by atoms with Gasteiger partial charge in [0, 0.05) is 24.4 Å². The molecule has 0 bridgehead atoms. The van der Waals surface area contributed by atoms with Crippen molar-refractivity contribution in [1.29, 1.82) is 0 Å². The Bertz CT molecular complexity index is 372. The first-order valence-electron chi connectivity index (χ1n) is 6.22. The van der Waals surface area contributed by atoms with Crippen molar-refractivity contribution in [2.45, 2.75) is 34.1 Å². The Hall–Kier alpha value is -1.31. The fourth-order valence-corrected chi connectivity index (χ4v) is 2.04. The Morgan fingerprint density at radius 3 is 2.35 bits per heavy atom. The third kappa shape index (κ3) is 3.88. The van der Waals surface area contributed by atoms with Crippen LogP contribution in [0, 0.1) is 5.92 Å². The highest BCUT2D eigenvalue weighted by atomic mass is 16.1. The molecule has 1 saturated heterocycles. The van der Waals surface area contributed by atoms with Gasteiger partial charge in [0.15, 0.2) is 5.78 Å². The third-order valence-electron chi connectivity index (χ3n) is 3.17. The molecule has 1 aliphatic heterocycles. The Morgan fingerprint density at radius 2 is 1.94 bits per heavy atom. The van der Waals surface area contributed by atoms with E-state index < -0.39 is 0 Å². The zero-order chi connectivity index (χ0) is 13.0.